The van der Waals surface area contributed by atoms with Crippen LogP contribution in [0.25, 0.3) is 0 Å². The summed E-state index contributed by atoms with van der Waals surface area (Å²) in [5, 5.41) is 0. The first kappa shape index (κ1) is 11.4. The summed E-state index contributed by atoms with van der Waals surface area (Å²) in [5.41, 5.74) is 3.53. The van der Waals surface area contributed by atoms with Gasteiger partial charge >= 0.3 is 0 Å². The maximum Gasteiger partial charge on any atom is 0.164 e. The van der Waals surface area contributed by atoms with E-state index >= 15 is 0 Å². The van der Waals surface area contributed by atoms with Crippen LogP contribution in [0.4, 0.5) is 0 Å². The summed E-state index contributed by atoms with van der Waals surface area (Å²) in [7, 11) is 0. The highest BCUT2D eigenvalue weighted by Crippen LogP contribution is 2.26. The first-order chi connectivity index (χ1) is 7.63. The van der Waals surface area contributed by atoms with Crippen LogP contribution in [0.15, 0.2) is 6.07 Å². The zero-order chi connectivity index (χ0) is 11.7. The highest BCUT2D eigenvalue weighted by Gasteiger charge is 2.22. The first-order valence-corrected chi connectivity index (χ1v) is 6.35. The summed E-state index contributed by atoms with van der Waals surface area (Å²) in [6, 6.07) is 2.08. The molecule has 0 aromatic carbocycles. The molecule has 0 radical (unpaired) electrons. The molecule has 1 unspecified atom stereocenters. The van der Waals surface area contributed by atoms with Crippen molar-refractivity contribution in [1.29, 1.82) is 0 Å². The number of carbonyl (C=O) groups excluding carboxylic acids is 1. The molecule has 2 heteroatoms. The number of carbonyl (C=O) groups is 1. The number of aryl methyl sites for hydroxylation is 1. The third-order valence-electron chi connectivity index (χ3n) is 3.72. The maximum absolute atomic E-state index is 11.8. The van der Waals surface area contributed by atoms with Gasteiger partial charge in [0.2, 0.25) is 0 Å². The number of rotatable bonds is 3. The summed E-state index contributed by atoms with van der Waals surface area (Å²) in [4.78, 5) is 11.8. The van der Waals surface area contributed by atoms with Crippen molar-refractivity contribution in [2.75, 3.05) is 0 Å². The van der Waals surface area contributed by atoms with Gasteiger partial charge < -0.3 is 4.57 Å². The van der Waals surface area contributed by atoms with E-state index in [-0.39, 0.29) is 0 Å². The zero-order valence-corrected chi connectivity index (χ0v) is 10.5. The van der Waals surface area contributed by atoms with E-state index < -0.39 is 0 Å². The van der Waals surface area contributed by atoms with Gasteiger partial charge in [0.05, 0.1) is 0 Å². The zero-order valence-electron chi connectivity index (χ0n) is 10.5. The van der Waals surface area contributed by atoms with Crippen molar-refractivity contribution in [3.05, 3.63) is 23.0 Å². The molecule has 0 amide bonds. The fourth-order valence-corrected chi connectivity index (χ4v) is 2.49. The normalized spacial score (nSPS) is 17.3. The maximum atomic E-state index is 11.8. The lowest BCUT2D eigenvalue weighted by molar-refractivity contribution is 0.0971. The summed E-state index contributed by atoms with van der Waals surface area (Å²) >= 11 is 0. The van der Waals surface area contributed by atoms with E-state index in [1.165, 1.54) is 17.8 Å². The smallest absolute Gasteiger partial charge is 0.164 e. The molecule has 1 heterocycles. The summed E-state index contributed by atoms with van der Waals surface area (Å²) in [6.45, 7) is 7.68. The van der Waals surface area contributed by atoms with Crippen LogP contribution in [0.1, 0.15) is 54.9 Å². The van der Waals surface area contributed by atoms with Crippen molar-refractivity contribution >= 4 is 5.78 Å². The molecule has 0 fully saturated rings. The molecule has 1 atom stereocenters. The minimum Gasteiger partial charge on any atom is -0.348 e. The molecule has 1 aliphatic carbocycles. The van der Waals surface area contributed by atoms with Crippen molar-refractivity contribution in [1.82, 2.24) is 4.57 Å². The quantitative estimate of drug-likeness (QED) is 0.764. The monoisotopic (exact) mass is 219 g/mol. The van der Waals surface area contributed by atoms with Crippen molar-refractivity contribution < 1.29 is 4.79 Å². The largest absolute Gasteiger partial charge is 0.348 e. The average Bonchev–Trinajstić information content (AvgIpc) is 2.58. The third kappa shape index (κ3) is 1.93. The fraction of sp³-hybridized carbons (Fsp3) is 0.643. The third-order valence-corrected chi connectivity index (χ3v) is 3.72. The molecule has 88 valence electrons. The molecular weight excluding hydrogens is 198 g/mol. The van der Waals surface area contributed by atoms with Gasteiger partial charge in [0.25, 0.3) is 0 Å². The molecule has 0 N–H and O–H groups in total. The Balaban J connectivity index is 2.34. The Morgan fingerprint density at radius 1 is 1.44 bits per heavy atom. The van der Waals surface area contributed by atoms with Crippen molar-refractivity contribution in [3.63, 3.8) is 0 Å². The molecule has 1 aromatic heterocycles. The highest BCUT2D eigenvalue weighted by molar-refractivity contribution is 5.98. The Morgan fingerprint density at radius 2 is 2.19 bits per heavy atom. The first-order valence-electron chi connectivity index (χ1n) is 6.35. The van der Waals surface area contributed by atoms with Gasteiger partial charge in [-0.15, -0.1) is 0 Å². The lowest BCUT2D eigenvalue weighted by Crippen LogP contribution is -2.16. The standard InChI is InChI=1S/C14H21NO/c1-4-10(2)9-15-11(3)8-12-13(15)6-5-7-14(12)16/h8,10H,4-7,9H2,1-3H3. The second-order valence-corrected chi connectivity index (χ2v) is 5.05. The number of aromatic nitrogens is 1. The summed E-state index contributed by atoms with van der Waals surface area (Å²) in [6.07, 6.45) is 4.03. The molecule has 16 heavy (non-hydrogen) atoms. The van der Waals surface area contributed by atoms with E-state index in [1.807, 2.05) is 0 Å². The van der Waals surface area contributed by atoms with Crippen LogP contribution in [0.3, 0.4) is 0 Å². The van der Waals surface area contributed by atoms with Gasteiger partial charge in [0, 0.05) is 29.9 Å². The molecule has 0 saturated carbocycles. The molecule has 0 aliphatic heterocycles. The van der Waals surface area contributed by atoms with Crippen LogP contribution in [-0.2, 0) is 13.0 Å². The Labute approximate surface area is 97.7 Å². The van der Waals surface area contributed by atoms with E-state index in [1.54, 1.807) is 0 Å². The van der Waals surface area contributed by atoms with Crippen molar-refractivity contribution in [3.8, 4) is 0 Å². The number of fused-ring (bicyclic) bond motifs is 1. The number of Topliss-reactive ketones (excluding diaryl/α,β-unsaturated/α-hetero) is 1. The van der Waals surface area contributed by atoms with Crippen molar-refractivity contribution in [2.45, 2.75) is 53.0 Å². The molecule has 0 bridgehead atoms. The SMILES string of the molecule is CCC(C)Cn1c(C)cc2c1CCCC2=O. The van der Waals surface area contributed by atoms with Gasteiger partial charge in [0.1, 0.15) is 0 Å². The predicted molar refractivity (Wildman–Crippen MR) is 65.9 cm³/mol. The minimum atomic E-state index is 0.340. The van der Waals surface area contributed by atoms with E-state index in [4.69, 9.17) is 0 Å². The van der Waals surface area contributed by atoms with Gasteiger partial charge in [-0.25, -0.2) is 0 Å². The van der Waals surface area contributed by atoms with Gasteiger partial charge in [-0.05, 0) is 31.7 Å². The topological polar surface area (TPSA) is 22.0 Å². The van der Waals surface area contributed by atoms with Crippen LogP contribution in [0.5, 0.6) is 0 Å². The van der Waals surface area contributed by atoms with Crippen LogP contribution < -0.4 is 0 Å². The number of hydrogen-bond donors (Lipinski definition) is 0. The molecule has 2 rings (SSSR count). The molecule has 0 spiro atoms. The van der Waals surface area contributed by atoms with E-state index in [9.17, 15) is 4.79 Å². The van der Waals surface area contributed by atoms with Crippen LogP contribution >= 0.6 is 0 Å². The van der Waals surface area contributed by atoms with Crippen LogP contribution in [0.2, 0.25) is 0 Å². The lowest BCUT2D eigenvalue weighted by atomic mass is 9.96. The van der Waals surface area contributed by atoms with E-state index in [0.717, 1.165) is 31.4 Å². The Kier molecular flexibility index (Phi) is 3.17. The fourth-order valence-electron chi connectivity index (χ4n) is 2.49. The number of nitrogens with zero attached hydrogens (tertiary/aromatic N) is 1. The molecule has 1 aromatic rings. The van der Waals surface area contributed by atoms with Crippen LogP contribution in [-0.4, -0.2) is 10.4 Å². The molecular formula is C14H21NO. The summed E-state index contributed by atoms with van der Waals surface area (Å²) < 4.78 is 2.36. The van der Waals surface area contributed by atoms with Gasteiger partial charge in [-0.3, -0.25) is 4.79 Å². The van der Waals surface area contributed by atoms with Crippen LogP contribution in [0, 0.1) is 12.8 Å². The van der Waals surface area contributed by atoms with Gasteiger partial charge in [-0.2, -0.15) is 0 Å². The predicted octanol–water partition coefficient (Wildman–Crippen LogP) is 3.36. The van der Waals surface area contributed by atoms with Gasteiger partial charge in [-0.1, -0.05) is 20.3 Å². The minimum absolute atomic E-state index is 0.340. The Morgan fingerprint density at radius 3 is 2.88 bits per heavy atom. The average molecular weight is 219 g/mol. The Bertz CT molecular complexity index is 403. The second kappa shape index (κ2) is 4.44. The molecule has 2 nitrogen and oxygen atoms in total. The number of hydrogen-bond acceptors (Lipinski definition) is 1. The van der Waals surface area contributed by atoms with E-state index in [0.29, 0.717) is 11.7 Å². The van der Waals surface area contributed by atoms with Crippen molar-refractivity contribution in [2.24, 2.45) is 5.92 Å². The molecule has 0 saturated heterocycles. The van der Waals surface area contributed by atoms with E-state index in [2.05, 4.69) is 31.4 Å². The lowest BCUT2D eigenvalue weighted by Gasteiger charge is -2.18. The molecule has 1 aliphatic rings. The van der Waals surface area contributed by atoms with Gasteiger partial charge in [0.15, 0.2) is 5.78 Å². The number of ketones is 1. The second-order valence-electron chi connectivity index (χ2n) is 5.05. The Hall–Kier alpha value is -1.05. The summed E-state index contributed by atoms with van der Waals surface area (Å²) in [5.74, 6) is 1.03. The highest BCUT2D eigenvalue weighted by atomic mass is 16.1.